The van der Waals surface area contributed by atoms with Gasteiger partial charge < -0.3 is 10.1 Å². The summed E-state index contributed by atoms with van der Waals surface area (Å²) in [6.45, 7) is 9.26. The van der Waals surface area contributed by atoms with E-state index in [4.69, 9.17) is 4.74 Å². The number of benzene rings is 2. The summed E-state index contributed by atoms with van der Waals surface area (Å²) < 4.78 is 6.11. The van der Waals surface area contributed by atoms with E-state index >= 15 is 0 Å². The molecule has 0 bridgehead atoms. The maximum Gasteiger partial charge on any atom is 0.321 e. The van der Waals surface area contributed by atoms with E-state index in [2.05, 4.69) is 44.3 Å². The lowest BCUT2D eigenvalue weighted by molar-refractivity contribution is 0.248. The first-order valence-electron chi connectivity index (χ1n) is 8.81. The SMILES string of the molecule is CCc1cccc(N(CC)C(=O)NC)c1COc1ccc(C)cc1C. The Morgan fingerprint density at radius 1 is 1.16 bits per heavy atom. The molecule has 25 heavy (non-hydrogen) atoms. The van der Waals surface area contributed by atoms with Crippen molar-refractivity contribution in [3.8, 4) is 5.75 Å². The predicted molar refractivity (Wildman–Crippen MR) is 104 cm³/mol. The highest BCUT2D eigenvalue weighted by atomic mass is 16.5. The molecule has 0 aromatic heterocycles. The van der Waals surface area contributed by atoms with Crippen molar-refractivity contribution in [3.05, 3.63) is 58.7 Å². The molecule has 0 aliphatic carbocycles. The first kappa shape index (κ1) is 18.8. The van der Waals surface area contributed by atoms with Crippen LogP contribution in [0.3, 0.4) is 0 Å². The van der Waals surface area contributed by atoms with Crippen LogP contribution < -0.4 is 15.0 Å². The molecule has 2 amide bonds. The molecule has 0 unspecified atom stereocenters. The Balaban J connectivity index is 2.36. The van der Waals surface area contributed by atoms with Crippen molar-refractivity contribution in [2.75, 3.05) is 18.5 Å². The van der Waals surface area contributed by atoms with Gasteiger partial charge in [0.2, 0.25) is 0 Å². The fourth-order valence-electron chi connectivity index (χ4n) is 3.04. The highest BCUT2D eigenvalue weighted by Crippen LogP contribution is 2.28. The van der Waals surface area contributed by atoms with Crippen molar-refractivity contribution in [1.29, 1.82) is 0 Å². The molecule has 4 nitrogen and oxygen atoms in total. The van der Waals surface area contributed by atoms with Gasteiger partial charge in [-0.15, -0.1) is 0 Å². The molecule has 2 rings (SSSR count). The van der Waals surface area contributed by atoms with Crippen LogP contribution in [0.2, 0.25) is 0 Å². The van der Waals surface area contributed by atoms with Crippen molar-refractivity contribution in [2.45, 2.75) is 40.7 Å². The lowest BCUT2D eigenvalue weighted by atomic mass is 10.0. The minimum Gasteiger partial charge on any atom is -0.489 e. The topological polar surface area (TPSA) is 41.6 Å². The van der Waals surface area contributed by atoms with Crippen LogP contribution in [0.15, 0.2) is 36.4 Å². The highest BCUT2D eigenvalue weighted by Gasteiger charge is 2.18. The largest absolute Gasteiger partial charge is 0.489 e. The van der Waals surface area contributed by atoms with Gasteiger partial charge in [-0.2, -0.15) is 0 Å². The van der Waals surface area contributed by atoms with E-state index in [9.17, 15) is 4.79 Å². The molecule has 0 radical (unpaired) electrons. The second-order valence-electron chi connectivity index (χ2n) is 6.13. The van der Waals surface area contributed by atoms with E-state index in [0.717, 1.165) is 29.0 Å². The van der Waals surface area contributed by atoms with Gasteiger partial charge in [-0.05, 0) is 50.5 Å². The van der Waals surface area contributed by atoms with Crippen molar-refractivity contribution in [2.24, 2.45) is 0 Å². The number of aryl methyl sites for hydroxylation is 3. The molecular formula is C21H28N2O2. The van der Waals surface area contributed by atoms with Crippen LogP contribution in [0.1, 0.15) is 36.1 Å². The van der Waals surface area contributed by atoms with Crippen LogP contribution in [0.25, 0.3) is 0 Å². The summed E-state index contributed by atoms with van der Waals surface area (Å²) in [4.78, 5) is 14.0. The molecule has 0 saturated heterocycles. The minimum atomic E-state index is -0.108. The Morgan fingerprint density at radius 2 is 1.92 bits per heavy atom. The molecule has 0 saturated carbocycles. The summed E-state index contributed by atoms with van der Waals surface area (Å²) in [6, 6.07) is 12.2. The second kappa shape index (κ2) is 8.56. The van der Waals surface area contributed by atoms with Crippen LogP contribution in [0.5, 0.6) is 5.75 Å². The van der Waals surface area contributed by atoms with E-state index in [0.29, 0.717) is 13.2 Å². The van der Waals surface area contributed by atoms with Gasteiger partial charge in [0.05, 0.1) is 5.69 Å². The summed E-state index contributed by atoms with van der Waals surface area (Å²) >= 11 is 0. The van der Waals surface area contributed by atoms with Crippen LogP contribution >= 0.6 is 0 Å². The maximum atomic E-state index is 12.2. The number of rotatable bonds is 6. The van der Waals surface area contributed by atoms with E-state index in [-0.39, 0.29) is 6.03 Å². The molecule has 134 valence electrons. The van der Waals surface area contributed by atoms with Crippen LogP contribution in [-0.4, -0.2) is 19.6 Å². The number of hydrogen-bond donors (Lipinski definition) is 1. The van der Waals surface area contributed by atoms with E-state index in [1.807, 2.05) is 25.1 Å². The summed E-state index contributed by atoms with van der Waals surface area (Å²) in [6.07, 6.45) is 0.894. The molecule has 1 N–H and O–H groups in total. The first-order valence-corrected chi connectivity index (χ1v) is 8.81. The van der Waals surface area contributed by atoms with E-state index < -0.39 is 0 Å². The summed E-state index contributed by atoms with van der Waals surface area (Å²) in [5.74, 6) is 0.880. The Labute approximate surface area is 150 Å². The fraction of sp³-hybridized carbons (Fsp3) is 0.381. The quantitative estimate of drug-likeness (QED) is 0.834. The standard InChI is InChI=1S/C21H28N2O2/c1-6-17-9-8-10-19(23(7-2)21(24)22-5)18(17)14-25-20-12-11-15(3)13-16(20)4/h8-13H,6-7,14H2,1-5H3,(H,22,24). The summed E-state index contributed by atoms with van der Waals surface area (Å²) in [5.41, 5.74) is 5.51. The lowest BCUT2D eigenvalue weighted by Gasteiger charge is -2.25. The Morgan fingerprint density at radius 3 is 2.52 bits per heavy atom. The number of ether oxygens (including phenoxy) is 1. The molecule has 2 aromatic rings. The number of nitrogens with zero attached hydrogens (tertiary/aromatic N) is 1. The molecule has 0 aliphatic heterocycles. The van der Waals surface area contributed by atoms with Crippen molar-refractivity contribution in [1.82, 2.24) is 5.32 Å². The number of carbonyl (C=O) groups excluding carboxylic acids is 1. The van der Waals surface area contributed by atoms with Gasteiger partial charge in [-0.25, -0.2) is 4.79 Å². The van der Waals surface area contributed by atoms with Gasteiger partial charge in [0.25, 0.3) is 0 Å². The van der Waals surface area contributed by atoms with Gasteiger partial charge in [-0.1, -0.05) is 36.8 Å². The van der Waals surface area contributed by atoms with Crippen LogP contribution in [-0.2, 0) is 13.0 Å². The number of hydrogen-bond acceptors (Lipinski definition) is 2. The normalized spacial score (nSPS) is 10.4. The molecule has 0 heterocycles. The zero-order valence-corrected chi connectivity index (χ0v) is 15.8. The molecule has 2 aromatic carbocycles. The smallest absolute Gasteiger partial charge is 0.321 e. The molecule has 0 spiro atoms. The fourth-order valence-corrected chi connectivity index (χ4v) is 3.04. The zero-order chi connectivity index (χ0) is 18.4. The predicted octanol–water partition coefficient (Wildman–Crippen LogP) is 4.61. The molecule has 0 atom stereocenters. The first-order chi connectivity index (χ1) is 12.0. The Hall–Kier alpha value is -2.49. The number of nitrogens with one attached hydrogen (secondary N) is 1. The number of amides is 2. The third-order valence-electron chi connectivity index (χ3n) is 4.40. The number of carbonyl (C=O) groups is 1. The van der Waals surface area contributed by atoms with Crippen molar-refractivity contribution in [3.63, 3.8) is 0 Å². The average Bonchev–Trinajstić information content (AvgIpc) is 2.61. The monoisotopic (exact) mass is 340 g/mol. The number of urea groups is 1. The van der Waals surface area contributed by atoms with Gasteiger partial charge in [0, 0.05) is 19.2 Å². The minimum absolute atomic E-state index is 0.108. The molecule has 0 fully saturated rings. The zero-order valence-electron chi connectivity index (χ0n) is 15.8. The molecule has 4 heteroatoms. The third-order valence-corrected chi connectivity index (χ3v) is 4.40. The van der Waals surface area contributed by atoms with Crippen molar-refractivity contribution < 1.29 is 9.53 Å². The van der Waals surface area contributed by atoms with Crippen molar-refractivity contribution >= 4 is 11.7 Å². The van der Waals surface area contributed by atoms with Gasteiger partial charge in [0.1, 0.15) is 12.4 Å². The molecule has 0 aliphatic rings. The maximum absolute atomic E-state index is 12.2. The third kappa shape index (κ3) is 4.32. The van der Waals surface area contributed by atoms with Gasteiger partial charge >= 0.3 is 6.03 Å². The lowest BCUT2D eigenvalue weighted by Crippen LogP contribution is -2.38. The second-order valence-corrected chi connectivity index (χ2v) is 6.13. The van der Waals surface area contributed by atoms with E-state index in [1.54, 1.807) is 11.9 Å². The van der Waals surface area contributed by atoms with E-state index in [1.165, 1.54) is 11.1 Å². The average molecular weight is 340 g/mol. The Bertz CT molecular complexity index is 741. The Kier molecular flexibility index (Phi) is 6.45. The van der Waals surface area contributed by atoms with Gasteiger partial charge in [-0.3, -0.25) is 4.90 Å². The summed E-state index contributed by atoms with van der Waals surface area (Å²) in [7, 11) is 1.65. The number of anilines is 1. The molecular weight excluding hydrogens is 312 g/mol. The van der Waals surface area contributed by atoms with Gasteiger partial charge in [0.15, 0.2) is 0 Å². The van der Waals surface area contributed by atoms with Crippen LogP contribution in [0.4, 0.5) is 10.5 Å². The summed E-state index contributed by atoms with van der Waals surface area (Å²) in [5, 5.41) is 2.71. The van der Waals surface area contributed by atoms with Crippen LogP contribution in [0, 0.1) is 13.8 Å². The highest BCUT2D eigenvalue weighted by molar-refractivity contribution is 5.92.